The van der Waals surface area contributed by atoms with E-state index in [0.29, 0.717) is 13.0 Å². The van der Waals surface area contributed by atoms with Crippen molar-refractivity contribution in [1.82, 2.24) is 25.2 Å². The summed E-state index contributed by atoms with van der Waals surface area (Å²) in [7, 11) is 0. The van der Waals surface area contributed by atoms with Gasteiger partial charge in [0.1, 0.15) is 17.5 Å². The van der Waals surface area contributed by atoms with Crippen molar-refractivity contribution in [2.45, 2.75) is 79.0 Å². The highest BCUT2D eigenvalue weighted by Crippen LogP contribution is 2.21. The first-order chi connectivity index (χ1) is 17.6. The lowest BCUT2D eigenvalue weighted by atomic mass is 10.0. The molecule has 0 spiro atoms. The summed E-state index contributed by atoms with van der Waals surface area (Å²) in [5.74, 6) is 0.805. The number of carbonyl (C=O) groups is 2. The fraction of sp³-hybridized carbons (Fsp3) is 0.500. The number of benzene rings is 1. The van der Waals surface area contributed by atoms with E-state index in [2.05, 4.69) is 27.9 Å². The first-order valence-corrected chi connectivity index (χ1v) is 13.0. The number of nitrogens with one attached hydrogen (secondary N) is 3. The molecule has 1 atom stereocenters. The van der Waals surface area contributed by atoms with E-state index in [9.17, 15) is 9.59 Å². The van der Waals surface area contributed by atoms with Crippen LogP contribution in [0.5, 0.6) is 0 Å². The van der Waals surface area contributed by atoms with Crippen LogP contribution >= 0.6 is 0 Å². The molecule has 9 heteroatoms. The third-order valence-electron chi connectivity index (χ3n) is 5.63. The second kappa shape index (κ2) is 12.6. The molecule has 0 unspecified atom stereocenters. The average Bonchev–Trinajstić information content (AvgIpc) is 3.24. The largest absolute Gasteiger partial charge is 0.444 e. The molecule has 37 heavy (non-hydrogen) atoms. The third kappa shape index (κ3) is 8.48. The highest BCUT2D eigenvalue weighted by atomic mass is 16.6. The Hall–Kier alpha value is -3.62. The number of ether oxygens (including phenoxy) is 1. The summed E-state index contributed by atoms with van der Waals surface area (Å²) in [6, 6.07) is 11.2. The van der Waals surface area contributed by atoms with Crippen molar-refractivity contribution in [2.75, 3.05) is 11.9 Å². The van der Waals surface area contributed by atoms with Gasteiger partial charge in [0.15, 0.2) is 5.65 Å². The van der Waals surface area contributed by atoms with E-state index in [0.717, 1.165) is 47.7 Å². The molecule has 0 saturated heterocycles. The highest BCUT2D eigenvalue weighted by molar-refractivity contribution is 5.85. The predicted molar refractivity (Wildman–Crippen MR) is 146 cm³/mol. The van der Waals surface area contributed by atoms with Gasteiger partial charge in [-0.05, 0) is 57.2 Å². The van der Waals surface area contributed by atoms with Crippen LogP contribution in [-0.2, 0) is 16.1 Å². The summed E-state index contributed by atoms with van der Waals surface area (Å²) in [4.78, 5) is 29.6. The molecule has 0 aliphatic rings. The van der Waals surface area contributed by atoms with Crippen molar-refractivity contribution in [3.05, 3.63) is 48.2 Å². The fourth-order valence-corrected chi connectivity index (χ4v) is 3.82. The lowest BCUT2D eigenvalue weighted by Crippen LogP contribution is -2.48. The third-order valence-corrected chi connectivity index (χ3v) is 5.63. The van der Waals surface area contributed by atoms with E-state index in [4.69, 9.17) is 9.84 Å². The number of amides is 2. The number of hydrogen-bond acceptors (Lipinski definition) is 6. The molecule has 3 rings (SSSR count). The Bertz CT molecular complexity index is 1180. The normalized spacial score (nSPS) is 12.4. The maximum Gasteiger partial charge on any atom is 0.408 e. The lowest BCUT2D eigenvalue weighted by Gasteiger charge is -2.24. The van der Waals surface area contributed by atoms with E-state index < -0.39 is 17.7 Å². The van der Waals surface area contributed by atoms with E-state index in [1.807, 2.05) is 61.0 Å². The number of carbonyl (C=O) groups excluding carboxylic acids is 2. The Kier molecular flexibility index (Phi) is 9.49. The Morgan fingerprint density at radius 3 is 2.46 bits per heavy atom. The quantitative estimate of drug-likeness (QED) is 0.309. The monoisotopic (exact) mass is 508 g/mol. The standard InChI is InChI=1S/C28H40N6O3/c1-7-8-15-29-24-13-14-25-30-18-23(34(25)33-24)21-11-9-20(10-12-21)17-31-26(35)22(16-19(2)3)32-27(36)37-28(4,5)6/h9-14,18-19,22H,7-8,15-17H2,1-6H3,(H,29,33)(H,31,35)(H,32,36)/t22-/m1/s1. The molecule has 3 aromatic rings. The average molecular weight is 509 g/mol. The summed E-state index contributed by atoms with van der Waals surface area (Å²) >= 11 is 0. The van der Waals surface area contributed by atoms with E-state index in [1.54, 1.807) is 20.8 Å². The molecule has 0 fully saturated rings. The van der Waals surface area contributed by atoms with Gasteiger partial charge in [-0.15, -0.1) is 5.10 Å². The van der Waals surface area contributed by atoms with Crippen LogP contribution in [0.3, 0.4) is 0 Å². The topological polar surface area (TPSA) is 110 Å². The maximum absolute atomic E-state index is 12.9. The number of anilines is 1. The van der Waals surface area contributed by atoms with Crippen molar-refractivity contribution in [2.24, 2.45) is 5.92 Å². The van der Waals surface area contributed by atoms with Crippen LogP contribution in [0, 0.1) is 5.92 Å². The number of aromatic nitrogens is 3. The molecular weight excluding hydrogens is 468 g/mol. The maximum atomic E-state index is 12.9. The zero-order valence-electron chi connectivity index (χ0n) is 22.8. The van der Waals surface area contributed by atoms with Crippen molar-refractivity contribution in [1.29, 1.82) is 0 Å². The van der Waals surface area contributed by atoms with Crippen LogP contribution in [0.2, 0.25) is 0 Å². The van der Waals surface area contributed by atoms with E-state index >= 15 is 0 Å². The SMILES string of the molecule is CCCCNc1ccc2ncc(-c3ccc(CNC(=O)[C@@H](CC(C)C)NC(=O)OC(C)(C)C)cc3)n2n1. The summed E-state index contributed by atoms with van der Waals surface area (Å²) in [5, 5.41) is 13.7. The van der Waals surface area contributed by atoms with Crippen molar-refractivity contribution >= 4 is 23.5 Å². The van der Waals surface area contributed by atoms with Gasteiger partial charge in [0.25, 0.3) is 0 Å². The van der Waals surface area contributed by atoms with E-state index in [1.165, 1.54) is 0 Å². The summed E-state index contributed by atoms with van der Waals surface area (Å²) in [6.07, 6.45) is 3.94. The number of alkyl carbamates (subject to hydrolysis) is 1. The predicted octanol–water partition coefficient (Wildman–Crippen LogP) is 5.16. The van der Waals surface area contributed by atoms with Gasteiger partial charge in [-0.2, -0.15) is 0 Å². The van der Waals surface area contributed by atoms with Crippen LogP contribution in [0.15, 0.2) is 42.6 Å². The van der Waals surface area contributed by atoms with Gasteiger partial charge in [-0.3, -0.25) is 4.79 Å². The van der Waals surface area contributed by atoms with Crippen LogP contribution < -0.4 is 16.0 Å². The molecule has 2 heterocycles. The van der Waals surface area contributed by atoms with Crippen molar-refractivity contribution in [3.8, 4) is 11.3 Å². The minimum absolute atomic E-state index is 0.228. The zero-order chi connectivity index (χ0) is 27.0. The second-order valence-corrected chi connectivity index (χ2v) is 10.7. The summed E-state index contributed by atoms with van der Waals surface area (Å²) in [5.41, 5.74) is 2.96. The molecule has 3 N–H and O–H groups in total. The van der Waals surface area contributed by atoms with Gasteiger partial charge in [0, 0.05) is 18.7 Å². The molecule has 9 nitrogen and oxygen atoms in total. The van der Waals surface area contributed by atoms with Crippen LogP contribution in [0.1, 0.15) is 66.4 Å². The second-order valence-electron chi connectivity index (χ2n) is 10.7. The van der Waals surface area contributed by atoms with E-state index in [-0.39, 0.29) is 11.8 Å². The fourth-order valence-electron chi connectivity index (χ4n) is 3.82. The molecule has 2 amide bonds. The molecule has 2 aromatic heterocycles. The molecule has 200 valence electrons. The Morgan fingerprint density at radius 1 is 1.08 bits per heavy atom. The van der Waals surface area contributed by atoms with Crippen LogP contribution in [0.25, 0.3) is 16.9 Å². The number of hydrogen-bond donors (Lipinski definition) is 3. The number of unbranched alkanes of at least 4 members (excludes halogenated alkanes) is 1. The molecule has 0 aliphatic heterocycles. The Labute approximate surface area is 219 Å². The van der Waals surface area contributed by atoms with Gasteiger partial charge in [0.2, 0.25) is 5.91 Å². The Morgan fingerprint density at radius 2 is 1.81 bits per heavy atom. The summed E-state index contributed by atoms with van der Waals surface area (Å²) in [6.45, 7) is 12.8. The van der Waals surface area contributed by atoms with Crippen molar-refractivity contribution in [3.63, 3.8) is 0 Å². The molecule has 1 aromatic carbocycles. The molecule has 0 saturated carbocycles. The van der Waals surface area contributed by atoms with Gasteiger partial charge in [0.05, 0.1) is 11.9 Å². The molecule has 0 aliphatic carbocycles. The van der Waals surface area contributed by atoms with Gasteiger partial charge < -0.3 is 20.7 Å². The van der Waals surface area contributed by atoms with Gasteiger partial charge in [-0.1, -0.05) is 51.5 Å². The number of fused-ring (bicyclic) bond motifs is 1. The first kappa shape index (κ1) is 28.0. The van der Waals surface area contributed by atoms with Gasteiger partial charge >= 0.3 is 6.09 Å². The highest BCUT2D eigenvalue weighted by Gasteiger charge is 2.25. The molecule has 0 bridgehead atoms. The van der Waals surface area contributed by atoms with Crippen molar-refractivity contribution < 1.29 is 14.3 Å². The number of nitrogens with zero attached hydrogens (tertiary/aromatic N) is 3. The number of imidazole rings is 1. The minimum Gasteiger partial charge on any atom is -0.444 e. The zero-order valence-corrected chi connectivity index (χ0v) is 22.8. The van der Waals surface area contributed by atoms with Crippen LogP contribution in [-0.4, -0.2) is 44.8 Å². The van der Waals surface area contributed by atoms with Gasteiger partial charge in [-0.25, -0.2) is 14.3 Å². The molecular formula is C28H40N6O3. The lowest BCUT2D eigenvalue weighted by molar-refractivity contribution is -0.123. The first-order valence-electron chi connectivity index (χ1n) is 13.0. The minimum atomic E-state index is -0.668. The Balaban J connectivity index is 1.64. The van der Waals surface area contributed by atoms with Crippen LogP contribution in [0.4, 0.5) is 10.6 Å². The number of rotatable bonds is 11. The summed E-state index contributed by atoms with van der Waals surface area (Å²) < 4.78 is 7.16. The smallest absolute Gasteiger partial charge is 0.408 e. The molecule has 0 radical (unpaired) electrons.